The lowest BCUT2D eigenvalue weighted by Crippen LogP contribution is -2.50. The quantitative estimate of drug-likeness (QED) is 0.336. The third-order valence-electron chi connectivity index (χ3n) is 4.36. The predicted octanol–water partition coefficient (Wildman–Crippen LogP) is 2.90. The van der Waals surface area contributed by atoms with Gasteiger partial charge in [0.15, 0.2) is 5.96 Å². The Morgan fingerprint density at radius 2 is 1.89 bits per heavy atom. The molecule has 1 aliphatic heterocycles. The number of rotatable bonds is 6. The van der Waals surface area contributed by atoms with Crippen LogP contribution in [0.15, 0.2) is 4.99 Å². The van der Waals surface area contributed by atoms with E-state index in [1.807, 2.05) is 20.8 Å². The molecule has 0 aromatic heterocycles. The number of guanidine groups is 1. The second-order valence-corrected chi connectivity index (χ2v) is 8.21. The second kappa shape index (κ2) is 12.6. The fourth-order valence-electron chi connectivity index (χ4n) is 2.82. The van der Waals surface area contributed by atoms with Crippen LogP contribution in [0.5, 0.6) is 0 Å². The molecule has 27 heavy (non-hydrogen) atoms. The molecule has 1 rings (SSSR count). The van der Waals surface area contributed by atoms with E-state index < -0.39 is 5.60 Å². The van der Waals surface area contributed by atoms with Crippen LogP contribution in [-0.4, -0.2) is 79.3 Å². The van der Waals surface area contributed by atoms with Gasteiger partial charge in [-0.25, -0.2) is 4.79 Å². The summed E-state index contributed by atoms with van der Waals surface area (Å²) in [6.07, 6.45) is 1.94. The Hall–Kier alpha value is -0.770. The molecule has 0 aromatic carbocycles. The summed E-state index contributed by atoms with van der Waals surface area (Å²) in [5.41, 5.74) is -0.476. The van der Waals surface area contributed by atoms with Crippen molar-refractivity contribution in [3.05, 3.63) is 0 Å². The number of nitrogens with zero attached hydrogens (tertiary/aromatic N) is 3. The Morgan fingerprint density at radius 3 is 2.37 bits per heavy atom. The van der Waals surface area contributed by atoms with Crippen molar-refractivity contribution in [1.29, 1.82) is 0 Å². The molecular weight excluding hydrogens is 457 g/mol. The highest BCUT2D eigenvalue weighted by Gasteiger charge is 2.22. The number of aliphatic imine (C=N–C) groups is 1. The van der Waals surface area contributed by atoms with Crippen molar-refractivity contribution in [1.82, 2.24) is 20.4 Å². The Balaban J connectivity index is 0.00000676. The standard InChI is InChI=1S/C19H39N5O2.HI/c1-8-20-17(22-16-9-12-24(13-10-16)15(2)3)21-11-14-23(7)18(25)26-19(4,5)6;/h15-16H,8-14H2,1-7H3,(H2,20,21,22);1H. The van der Waals surface area contributed by atoms with E-state index in [0.717, 1.165) is 38.4 Å². The van der Waals surface area contributed by atoms with Crippen LogP contribution < -0.4 is 10.6 Å². The van der Waals surface area contributed by atoms with Crippen molar-refractivity contribution in [3.8, 4) is 0 Å². The maximum absolute atomic E-state index is 12.0. The number of hydrogen-bond donors (Lipinski definition) is 2. The third-order valence-corrected chi connectivity index (χ3v) is 4.36. The monoisotopic (exact) mass is 497 g/mol. The van der Waals surface area contributed by atoms with Gasteiger partial charge in [-0.2, -0.15) is 0 Å². The maximum Gasteiger partial charge on any atom is 0.410 e. The molecule has 7 nitrogen and oxygen atoms in total. The highest BCUT2D eigenvalue weighted by atomic mass is 127. The number of ether oxygens (including phenoxy) is 1. The zero-order valence-corrected chi connectivity index (χ0v) is 20.5. The summed E-state index contributed by atoms with van der Waals surface area (Å²) in [7, 11) is 1.74. The number of likely N-dealkylation sites (tertiary alicyclic amines) is 1. The first kappa shape index (κ1) is 26.2. The van der Waals surface area contributed by atoms with Gasteiger partial charge in [0.2, 0.25) is 0 Å². The molecule has 0 atom stereocenters. The first-order chi connectivity index (χ1) is 12.1. The number of halogens is 1. The summed E-state index contributed by atoms with van der Waals surface area (Å²) in [6, 6.07) is 1.06. The van der Waals surface area contributed by atoms with Crippen LogP contribution in [0.2, 0.25) is 0 Å². The summed E-state index contributed by atoms with van der Waals surface area (Å²) in [4.78, 5) is 20.7. The Kier molecular flexibility index (Phi) is 12.3. The van der Waals surface area contributed by atoms with E-state index in [9.17, 15) is 4.79 Å². The normalized spacial score (nSPS) is 16.7. The van der Waals surface area contributed by atoms with Gasteiger partial charge in [-0.3, -0.25) is 4.99 Å². The molecule has 160 valence electrons. The van der Waals surface area contributed by atoms with Gasteiger partial charge in [0.1, 0.15) is 5.60 Å². The molecule has 0 aromatic rings. The number of piperidine rings is 1. The molecule has 0 unspecified atom stereocenters. The minimum Gasteiger partial charge on any atom is -0.444 e. The molecule has 0 radical (unpaired) electrons. The van der Waals surface area contributed by atoms with Gasteiger partial charge in [-0.05, 0) is 54.4 Å². The van der Waals surface area contributed by atoms with Crippen LogP contribution in [0, 0.1) is 0 Å². The molecule has 8 heteroatoms. The third kappa shape index (κ3) is 11.0. The van der Waals surface area contributed by atoms with E-state index in [1.165, 1.54) is 0 Å². The summed E-state index contributed by atoms with van der Waals surface area (Å²) in [6.45, 7) is 16.3. The Labute approximate surface area is 182 Å². The highest BCUT2D eigenvalue weighted by Crippen LogP contribution is 2.13. The van der Waals surface area contributed by atoms with Gasteiger partial charge in [-0.15, -0.1) is 24.0 Å². The van der Waals surface area contributed by atoms with Gasteiger partial charge in [0, 0.05) is 45.3 Å². The average Bonchev–Trinajstić information content (AvgIpc) is 2.53. The molecule has 0 spiro atoms. The second-order valence-electron chi connectivity index (χ2n) is 8.21. The largest absolute Gasteiger partial charge is 0.444 e. The summed E-state index contributed by atoms with van der Waals surface area (Å²) in [5, 5.41) is 6.83. The van der Waals surface area contributed by atoms with E-state index in [2.05, 4.69) is 41.3 Å². The number of hydrogen-bond acceptors (Lipinski definition) is 4. The van der Waals surface area contributed by atoms with E-state index >= 15 is 0 Å². The Bertz CT molecular complexity index is 458. The average molecular weight is 497 g/mol. The topological polar surface area (TPSA) is 69.2 Å². The van der Waals surface area contributed by atoms with Crippen molar-refractivity contribution in [2.24, 2.45) is 4.99 Å². The first-order valence-electron chi connectivity index (χ1n) is 9.85. The lowest BCUT2D eigenvalue weighted by molar-refractivity contribution is 0.0304. The van der Waals surface area contributed by atoms with Crippen molar-refractivity contribution in [2.45, 2.75) is 72.1 Å². The van der Waals surface area contributed by atoms with Gasteiger partial charge in [0.05, 0.1) is 6.54 Å². The fourth-order valence-corrected chi connectivity index (χ4v) is 2.82. The van der Waals surface area contributed by atoms with Gasteiger partial charge >= 0.3 is 6.09 Å². The van der Waals surface area contributed by atoms with Crippen LogP contribution in [0.4, 0.5) is 4.79 Å². The zero-order valence-electron chi connectivity index (χ0n) is 18.2. The van der Waals surface area contributed by atoms with E-state index in [4.69, 9.17) is 4.74 Å². The van der Waals surface area contributed by atoms with Crippen molar-refractivity contribution < 1.29 is 9.53 Å². The van der Waals surface area contributed by atoms with Gasteiger partial charge in [-0.1, -0.05) is 0 Å². The first-order valence-corrected chi connectivity index (χ1v) is 9.85. The molecular formula is C19H40IN5O2. The number of carbonyl (C=O) groups excluding carboxylic acids is 1. The van der Waals surface area contributed by atoms with Crippen molar-refractivity contribution in [3.63, 3.8) is 0 Å². The predicted molar refractivity (Wildman–Crippen MR) is 123 cm³/mol. The van der Waals surface area contributed by atoms with E-state index in [-0.39, 0.29) is 30.1 Å². The molecule has 1 fully saturated rings. The lowest BCUT2D eigenvalue weighted by atomic mass is 10.0. The number of likely N-dealkylation sites (N-methyl/N-ethyl adjacent to an activating group) is 1. The van der Waals surface area contributed by atoms with Gasteiger partial charge < -0.3 is 25.2 Å². The SMILES string of the molecule is CCNC(=NCCN(C)C(=O)OC(C)(C)C)NC1CCN(C(C)C)CC1.I. The molecule has 1 saturated heterocycles. The fraction of sp³-hybridized carbons (Fsp3) is 0.895. The highest BCUT2D eigenvalue weighted by molar-refractivity contribution is 14.0. The van der Waals surface area contributed by atoms with Crippen LogP contribution in [0.25, 0.3) is 0 Å². The molecule has 0 bridgehead atoms. The maximum atomic E-state index is 12.0. The summed E-state index contributed by atoms with van der Waals surface area (Å²) >= 11 is 0. The Morgan fingerprint density at radius 1 is 1.30 bits per heavy atom. The minimum atomic E-state index is -0.476. The molecule has 1 amide bonds. The molecule has 0 saturated carbocycles. The van der Waals surface area contributed by atoms with Crippen LogP contribution in [0.3, 0.4) is 0 Å². The summed E-state index contributed by atoms with van der Waals surface area (Å²) < 4.78 is 5.36. The molecule has 0 aliphatic carbocycles. The molecule has 2 N–H and O–H groups in total. The van der Waals surface area contributed by atoms with Crippen LogP contribution in [-0.2, 0) is 4.74 Å². The lowest BCUT2D eigenvalue weighted by Gasteiger charge is -2.35. The summed E-state index contributed by atoms with van der Waals surface area (Å²) in [5.74, 6) is 0.827. The van der Waals surface area contributed by atoms with E-state index in [0.29, 0.717) is 25.2 Å². The number of amides is 1. The molecule has 1 aliphatic rings. The van der Waals surface area contributed by atoms with Gasteiger partial charge in [0.25, 0.3) is 0 Å². The zero-order chi connectivity index (χ0) is 19.7. The minimum absolute atomic E-state index is 0. The smallest absolute Gasteiger partial charge is 0.410 e. The molecule has 1 heterocycles. The number of nitrogens with one attached hydrogen (secondary N) is 2. The van der Waals surface area contributed by atoms with Crippen molar-refractivity contribution >= 4 is 36.0 Å². The number of carbonyl (C=O) groups is 1. The van der Waals surface area contributed by atoms with Crippen molar-refractivity contribution in [2.75, 3.05) is 39.8 Å². The van der Waals surface area contributed by atoms with Crippen LogP contribution in [0.1, 0.15) is 54.4 Å². The van der Waals surface area contributed by atoms with E-state index in [1.54, 1.807) is 11.9 Å². The van der Waals surface area contributed by atoms with Crippen LogP contribution >= 0.6 is 24.0 Å².